The van der Waals surface area contributed by atoms with Gasteiger partial charge in [-0.25, -0.2) is 4.79 Å². The molecule has 6 atom stereocenters. The molecule has 1 amide bonds. The van der Waals surface area contributed by atoms with Crippen molar-refractivity contribution in [1.29, 1.82) is 0 Å². The van der Waals surface area contributed by atoms with Crippen LogP contribution in [-0.4, -0.2) is 29.8 Å². The molecule has 176 valence electrons. The first-order chi connectivity index (χ1) is 14.9. The minimum absolute atomic E-state index is 0.00338. The molecule has 3 saturated carbocycles. The van der Waals surface area contributed by atoms with Crippen molar-refractivity contribution >= 4 is 17.7 Å². The van der Waals surface area contributed by atoms with E-state index in [4.69, 9.17) is 4.74 Å². The van der Waals surface area contributed by atoms with Crippen LogP contribution in [-0.2, 0) is 14.3 Å². The number of allylic oxidation sites excluding steroid dienone is 4. The molecule has 4 aliphatic rings. The van der Waals surface area contributed by atoms with Gasteiger partial charge in [0.1, 0.15) is 5.60 Å². The van der Waals surface area contributed by atoms with E-state index in [1.54, 1.807) is 12.2 Å². The average molecular weight is 442 g/mol. The lowest BCUT2D eigenvalue weighted by Crippen LogP contribution is -2.57. The van der Waals surface area contributed by atoms with Crippen molar-refractivity contribution in [2.45, 2.75) is 85.7 Å². The van der Waals surface area contributed by atoms with Crippen LogP contribution in [0.3, 0.4) is 0 Å². The third-order valence-corrected chi connectivity index (χ3v) is 9.30. The number of Topliss-reactive ketones (excluding diaryl/α,β-unsaturated/α-hetero) is 1. The smallest absolute Gasteiger partial charge is 0.407 e. The molecular formula is C27H39NO4. The number of nitrogens with one attached hydrogen (secondary N) is 1. The van der Waals surface area contributed by atoms with Crippen molar-refractivity contribution < 1.29 is 19.1 Å². The molecular weight excluding hydrogens is 402 g/mol. The van der Waals surface area contributed by atoms with E-state index in [1.807, 2.05) is 6.08 Å². The molecule has 32 heavy (non-hydrogen) atoms. The number of carbonyl (C=O) groups is 3. The number of carbonyl (C=O) groups excluding carboxylic acids is 3. The molecule has 0 aromatic rings. The van der Waals surface area contributed by atoms with E-state index in [0.29, 0.717) is 30.4 Å². The van der Waals surface area contributed by atoms with Crippen LogP contribution < -0.4 is 5.32 Å². The fourth-order valence-electron chi connectivity index (χ4n) is 7.50. The van der Waals surface area contributed by atoms with Crippen LogP contribution >= 0.6 is 0 Å². The van der Waals surface area contributed by atoms with Crippen molar-refractivity contribution in [3.63, 3.8) is 0 Å². The standard InChI is InChI=1S/C27H39NO4/c1-7-27(32-23(31)28-16-24(2,3)4)13-10-20-18-15-22(30)21-14-17(29)8-11-25(21,5)19(18)9-12-26(20,27)6/h8,11,14,18-20H,7,9-10,12-13,15-16H2,1-6H3,(H,28,31)/t18?,19?,20?,25-,26+,27+/m1/s1. The Bertz CT molecular complexity index is 896. The van der Waals surface area contributed by atoms with Crippen LogP contribution in [0.5, 0.6) is 0 Å². The summed E-state index contributed by atoms with van der Waals surface area (Å²) in [5.41, 5.74) is -0.307. The Labute approximate surface area is 192 Å². The minimum Gasteiger partial charge on any atom is -0.442 e. The van der Waals surface area contributed by atoms with Crippen molar-refractivity contribution in [1.82, 2.24) is 5.32 Å². The molecule has 3 fully saturated rings. The molecule has 0 heterocycles. The Morgan fingerprint density at radius 1 is 1.16 bits per heavy atom. The number of amides is 1. The Hall–Kier alpha value is -1.91. The van der Waals surface area contributed by atoms with Gasteiger partial charge in [-0.15, -0.1) is 0 Å². The molecule has 0 aliphatic heterocycles. The SMILES string of the molecule is CC[C@]1(OC(=O)NCC(C)(C)C)CCC2C3CC(=O)C4=CC(=O)C=C[C@]4(C)C3CC[C@@]21C. The third-order valence-electron chi connectivity index (χ3n) is 9.30. The molecule has 0 aromatic carbocycles. The van der Waals surface area contributed by atoms with Gasteiger partial charge in [-0.05, 0) is 67.4 Å². The van der Waals surface area contributed by atoms with Crippen LogP contribution in [0.15, 0.2) is 23.8 Å². The second-order valence-corrected chi connectivity index (χ2v) is 12.2. The van der Waals surface area contributed by atoms with Gasteiger partial charge in [0.05, 0.1) is 0 Å². The predicted octanol–water partition coefficient (Wildman–Crippen LogP) is 5.39. The molecule has 0 aromatic heterocycles. The van der Waals surface area contributed by atoms with Crippen LogP contribution in [0.2, 0.25) is 0 Å². The largest absolute Gasteiger partial charge is 0.442 e. The Kier molecular flexibility index (Phi) is 5.50. The number of hydrogen-bond acceptors (Lipinski definition) is 4. The second kappa shape index (κ2) is 7.56. The van der Waals surface area contributed by atoms with Crippen molar-refractivity contribution in [3.8, 4) is 0 Å². The summed E-state index contributed by atoms with van der Waals surface area (Å²) in [5, 5.41) is 2.97. The monoisotopic (exact) mass is 441 g/mol. The zero-order chi connectivity index (χ0) is 23.5. The molecule has 5 nitrogen and oxygen atoms in total. The molecule has 5 heteroatoms. The molecule has 0 spiro atoms. The number of rotatable bonds is 3. The summed E-state index contributed by atoms with van der Waals surface area (Å²) in [6.45, 7) is 13.4. The number of ether oxygens (including phenoxy) is 1. The lowest BCUT2D eigenvalue weighted by molar-refractivity contribution is -0.139. The fourth-order valence-corrected chi connectivity index (χ4v) is 7.50. The zero-order valence-electron chi connectivity index (χ0n) is 20.5. The van der Waals surface area contributed by atoms with Crippen molar-refractivity contribution in [3.05, 3.63) is 23.8 Å². The summed E-state index contributed by atoms with van der Waals surface area (Å²) >= 11 is 0. The molecule has 0 bridgehead atoms. The van der Waals surface area contributed by atoms with Crippen molar-refractivity contribution in [2.24, 2.45) is 34.0 Å². The summed E-state index contributed by atoms with van der Waals surface area (Å²) in [6.07, 6.45) is 9.93. The summed E-state index contributed by atoms with van der Waals surface area (Å²) in [7, 11) is 0. The Morgan fingerprint density at radius 2 is 1.84 bits per heavy atom. The maximum atomic E-state index is 13.2. The van der Waals surface area contributed by atoms with Gasteiger partial charge in [-0.3, -0.25) is 9.59 Å². The van der Waals surface area contributed by atoms with Gasteiger partial charge in [-0.1, -0.05) is 47.6 Å². The normalized spacial score (nSPS) is 40.8. The summed E-state index contributed by atoms with van der Waals surface area (Å²) in [5.74, 6) is 0.983. The van der Waals surface area contributed by atoms with Gasteiger partial charge in [0.25, 0.3) is 0 Å². The second-order valence-electron chi connectivity index (χ2n) is 12.2. The van der Waals surface area contributed by atoms with Crippen LogP contribution in [0.25, 0.3) is 0 Å². The highest BCUT2D eigenvalue weighted by atomic mass is 16.6. The van der Waals surface area contributed by atoms with E-state index < -0.39 is 5.60 Å². The maximum absolute atomic E-state index is 13.2. The van der Waals surface area contributed by atoms with Crippen LogP contribution in [0.1, 0.15) is 80.1 Å². The Balaban J connectivity index is 1.60. The summed E-state index contributed by atoms with van der Waals surface area (Å²) < 4.78 is 6.26. The zero-order valence-corrected chi connectivity index (χ0v) is 20.5. The average Bonchev–Trinajstić information content (AvgIpc) is 3.00. The highest BCUT2D eigenvalue weighted by molar-refractivity contribution is 6.10. The highest BCUT2D eigenvalue weighted by Crippen LogP contribution is 2.67. The number of fused-ring (bicyclic) bond motifs is 5. The van der Waals surface area contributed by atoms with E-state index in [9.17, 15) is 14.4 Å². The van der Waals surface area contributed by atoms with Gasteiger partial charge in [0, 0.05) is 29.4 Å². The molecule has 4 aliphatic carbocycles. The van der Waals surface area contributed by atoms with Gasteiger partial charge in [0.2, 0.25) is 0 Å². The summed E-state index contributed by atoms with van der Waals surface area (Å²) in [6, 6.07) is 0. The lowest BCUT2D eigenvalue weighted by Gasteiger charge is -2.58. The number of alkyl carbamates (subject to hydrolysis) is 1. The third kappa shape index (κ3) is 3.47. The van der Waals surface area contributed by atoms with E-state index in [2.05, 4.69) is 46.9 Å². The topological polar surface area (TPSA) is 72.5 Å². The first kappa shape index (κ1) is 23.3. The molecule has 0 radical (unpaired) electrons. The minimum atomic E-state index is -0.497. The summed E-state index contributed by atoms with van der Waals surface area (Å²) in [4.78, 5) is 37.9. The van der Waals surface area contributed by atoms with E-state index in [0.717, 1.165) is 32.1 Å². The van der Waals surface area contributed by atoms with Gasteiger partial charge in [-0.2, -0.15) is 0 Å². The first-order valence-corrected chi connectivity index (χ1v) is 12.3. The fraction of sp³-hybridized carbons (Fsp3) is 0.741. The van der Waals surface area contributed by atoms with E-state index in [-0.39, 0.29) is 39.8 Å². The maximum Gasteiger partial charge on any atom is 0.407 e. The van der Waals surface area contributed by atoms with E-state index in [1.165, 1.54) is 0 Å². The van der Waals surface area contributed by atoms with Gasteiger partial charge < -0.3 is 10.1 Å². The van der Waals surface area contributed by atoms with Crippen molar-refractivity contribution in [2.75, 3.05) is 6.54 Å². The quantitative estimate of drug-likeness (QED) is 0.637. The molecule has 3 unspecified atom stereocenters. The number of ketones is 2. The van der Waals surface area contributed by atoms with Crippen LogP contribution in [0.4, 0.5) is 4.79 Å². The lowest BCUT2D eigenvalue weighted by atomic mass is 9.47. The van der Waals surface area contributed by atoms with Gasteiger partial charge >= 0.3 is 6.09 Å². The number of hydrogen-bond donors (Lipinski definition) is 1. The molecule has 1 N–H and O–H groups in total. The first-order valence-electron chi connectivity index (χ1n) is 12.3. The van der Waals surface area contributed by atoms with Crippen LogP contribution in [0, 0.1) is 34.0 Å². The molecule has 4 rings (SSSR count). The Morgan fingerprint density at radius 3 is 2.50 bits per heavy atom. The highest BCUT2D eigenvalue weighted by Gasteiger charge is 2.66. The molecule has 0 saturated heterocycles. The van der Waals surface area contributed by atoms with Gasteiger partial charge in [0.15, 0.2) is 11.6 Å². The predicted molar refractivity (Wildman–Crippen MR) is 124 cm³/mol. The van der Waals surface area contributed by atoms with E-state index >= 15 is 0 Å².